The zero-order chi connectivity index (χ0) is 13.7. The maximum absolute atomic E-state index is 11.0. The standard InChI is InChI=1S/C12H11NO5/c13-10(14)3-1-2-7-4-5-8(11(15)16)6-9(7)12(17)18/h1-2,4-6H,3H2,(H2,13,14)(H,15,16)(H,17,18). The van der Waals surface area contributed by atoms with Crippen LogP contribution in [-0.2, 0) is 4.79 Å². The zero-order valence-corrected chi connectivity index (χ0v) is 9.29. The highest BCUT2D eigenvalue weighted by Gasteiger charge is 2.12. The molecule has 0 spiro atoms. The highest BCUT2D eigenvalue weighted by molar-refractivity contribution is 5.96. The second-order valence-electron chi connectivity index (χ2n) is 3.49. The molecule has 6 heteroatoms. The average Bonchev–Trinajstić information content (AvgIpc) is 2.28. The number of benzene rings is 1. The quantitative estimate of drug-likeness (QED) is 0.718. The van der Waals surface area contributed by atoms with Gasteiger partial charge in [0.15, 0.2) is 0 Å². The number of carboxylic acids is 2. The summed E-state index contributed by atoms with van der Waals surface area (Å²) in [4.78, 5) is 32.2. The van der Waals surface area contributed by atoms with Crippen LogP contribution in [0.25, 0.3) is 6.08 Å². The van der Waals surface area contributed by atoms with Crippen LogP contribution < -0.4 is 5.73 Å². The number of rotatable bonds is 5. The lowest BCUT2D eigenvalue weighted by atomic mass is 10.0. The van der Waals surface area contributed by atoms with Gasteiger partial charge in [-0.2, -0.15) is 0 Å². The molecule has 0 bridgehead atoms. The fraction of sp³-hybridized carbons (Fsp3) is 0.0833. The summed E-state index contributed by atoms with van der Waals surface area (Å²) in [6.45, 7) is 0. The first-order chi connectivity index (χ1) is 8.41. The Morgan fingerprint density at radius 2 is 1.83 bits per heavy atom. The van der Waals surface area contributed by atoms with Crippen molar-refractivity contribution in [2.24, 2.45) is 5.73 Å². The van der Waals surface area contributed by atoms with Crippen LogP contribution in [0.1, 0.15) is 32.7 Å². The Morgan fingerprint density at radius 1 is 1.17 bits per heavy atom. The molecule has 4 N–H and O–H groups in total. The first kappa shape index (κ1) is 13.4. The Balaban J connectivity index is 3.12. The van der Waals surface area contributed by atoms with E-state index in [1.54, 1.807) is 0 Å². The summed E-state index contributed by atoms with van der Waals surface area (Å²) in [6.07, 6.45) is 2.82. The topological polar surface area (TPSA) is 118 Å². The third kappa shape index (κ3) is 3.44. The minimum absolute atomic E-state index is 0.0141. The molecule has 0 atom stereocenters. The fourth-order valence-electron chi connectivity index (χ4n) is 1.32. The number of aromatic carboxylic acids is 2. The van der Waals surface area contributed by atoms with Crippen molar-refractivity contribution in [3.8, 4) is 0 Å². The molecule has 6 nitrogen and oxygen atoms in total. The Kier molecular flexibility index (Phi) is 4.20. The Morgan fingerprint density at radius 3 is 2.33 bits per heavy atom. The lowest BCUT2D eigenvalue weighted by Gasteiger charge is -2.02. The molecule has 1 aromatic carbocycles. The van der Waals surface area contributed by atoms with Gasteiger partial charge in [-0.1, -0.05) is 18.2 Å². The molecule has 0 unspecified atom stereocenters. The van der Waals surface area contributed by atoms with E-state index in [2.05, 4.69) is 0 Å². The van der Waals surface area contributed by atoms with Crippen molar-refractivity contribution in [2.45, 2.75) is 6.42 Å². The molecule has 1 aromatic rings. The van der Waals surface area contributed by atoms with Crippen molar-refractivity contribution < 1.29 is 24.6 Å². The third-order valence-electron chi connectivity index (χ3n) is 2.15. The van der Waals surface area contributed by atoms with Gasteiger partial charge in [0.05, 0.1) is 11.1 Å². The summed E-state index contributed by atoms with van der Waals surface area (Å²) < 4.78 is 0. The van der Waals surface area contributed by atoms with Gasteiger partial charge >= 0.3 is 11.9 Å². The highest BCUT2D eigenvalue weighted by atomic mass is 16.4. The summed E-state index contributed by atoms with van der Waals surface area (Å²) >= 11 is 0. The van der Waals surface area contributed by atoms with Crippen molar-refractivity contribution >= 4 is 23.9 Å². The second kappa shape index (κ2) is 5.62. The van der Waals surface area contributed by atoms with Gasteiger partial charge in [-0.15, -0.1) is 0 Å². The molecule has 1 rings (SSSR count). The average molecular weight is 249 g/mol. The SMILES string of the molecule is NC(=O)CC=Cc1ccc(C(=O)O)cc1C(=O)O. The van der Waals surface area contributed by atoms with Gasteiger partial charge in [0.25, 0.3) is 0 Å². The van der Waals surface area contributed by atoms with Crippen LogP contribution >= 0.6 is 0 Å². The number of hydrogen-bond donors (Lipinski definition) is 3. The third-order valence-corrected chi connectivity index (χ3v) is 2.15. The van der Waals surface area contributed by atoms with Crippen molar-refractivity contribution in [3.63, 3.8) is 0 Å². The summed E-state index contributed by atoms with van der Waals surface area (Å²) in [5.41, 5.74) is 4.99. The van der Waals surface area contributed by atoms with Crippen LogP contribution in [0.4, 0.5) is 0 Å². The molecule has 0 aliphatic heterocycles. The number of primary amides is 1. The van der Waals surface area contributed by atoms with Crippen LogP contribution in [0.3, 0.4) is 0 Å². The van der Waals surface area contributed by atoms with E-state index in [4.69, 9.17) is 15.9 Å². The van der Waals surface area contributed by atoms with Crippen molar-refractivity contribution in [1.29, 1.82) is 0 Å². The van der Waals surface area contributed by atoms with E-state index in [-0.39, 0.29) is 17.5 Å². The molecular formula is C12H11NO5. The Labute approximate surface area is 102 Å². The van der Waals surface area contributed by atoms with E-state index in [1.807, 2.05) is 0 Å². The first-order valence-electron chi connectivity index (χ1n) is 4.97. The maximum atomic E-state index is 11.0. The van der Waals surface area contributed by atoms with E-state index < -0.39 is 17.8 Å². The number of amides is 1. The molecule has 0 aliphatic carbocycles. The normalized spacial score (nSPS) is 10.4. The van der Waals surface area contributed by atoms with Crippen LogP contribution in [0.15, 0.2) is 24.3 Å². The van der Waals surface area contributed by atoms with E-state index in [0.29, 0.717) is 5.56 Å². The number of carboxylic acid groups (broad SMARTS) is 2. The van der Waals surface area contributed by atoms with Crippen LogP contribution in [-0.4, -0.2) is 28.1 Å². The van der Waals surface area contributed by atoms with Gasteiger partial charge in [-0.25, -0.2) is 9.59 Å². The summed E-state index contributed by atoms with van der Waals surface area (Å²) in [7, 11) is 0. The molecule has 0 aliphatic rings. The van der Waals surface area contributed by atoms with E-state index in [9.17, 15) is 14.4 Å². The summed E-state index contributed by atoms with van der Waals surface area (Å²) in [5.74, 6) is -2.98. The predicted molar refractivity (Wildman–Crippen MR) is 63.2 cm³/mol. The van der Waals surface area contributed by atoms with Gasteiger partial charge in [0, 0.05) is 6.42 Å². The molecule has 0 aromatic heterocycles. The van der Waals surface area contributed by atoms with Crippen LogP contribution in [0.5, 0.6) is 0 Å². The molecule has 0 saturated heterocycles. The predicted octanol–water partition coefficient (Wildman–Crippen LogP) is 0.972. The monoisotopic (exact) mass is 249 g/mol. The fourth-order valence-corrected chi connectivity index (χ4v) is 1.32. The minimum Gasteiger partial charge on any atom is -0.478 e. The van der Waals surface area contributed by atoms with Gasteiger partial charge in [0.1, 0.15) is 0 Å². The van der Waals surface area contributed by atoms with Crippen molar-refractivity contribution in [3.05, 3.63) is 41.0 Å². The molecule has 1 amide bonds. The molecular weight excluding hydrogens is 238 g/mol. The van der Waals surface area contributed by atoms with Gasteiger partial charge in [-0.05, 0) is 17.7 Å². The van der Waals surface area contributed by atoms with E-state index >= 15 is 0 Å². The summed E-state index contributed by atoms with van der Waals surface area (Å²) in [5, 5.41) is 17.7. The molecule has 0 fully saturated rings. The first-order valence-corrected chi connectivity index (χ1v) is 4.97. The number of carbonyl (C=O) groups excluding carboxylic acids is 1. The molecule has 0 radical (unpaired) electrons. The lowest BCUT2D eigenvalue weighted by molar-refractivity contribution is -0.117. The summed E-state index contributed by atoms with van der Waals surface area (Å²) in [6, 6.07) is 3.72. The highest BCUT2D eigenvalue weighted by Crippen LogP contribution is 2.14. The lowest BCUT2D eigenvalue weighted by Crippen LogP contribution is -2.08. The molecule has 0 saturated carbocycles. The molecule has 0 heterocycles. The van der Waals surface area contributed by atoms with Crippen LogP contribution in [0, 0.1) is 0 Å². The molecule has 94 valence electrons. The van der Waals surface area contributed by atoms with E-state index in [0.717, 1.165) is 6.07 Å². The van der Waals surface area contributed by atoms with Gasteiger partial charge in [-0.3, -0.25) is 4.79 Å². The van der Waals surface area contributed by atoms with Gasteiger partial charge in [0.2, 0.25) is 5.91 Å². The number of carbonyl (C=O) groups is 3. The van der Waals surface area contributed by atoms with Crippen molar-refractivity contribution in [2.75, 3.05) is 0 Å². The number of hydrogen-bond acceptors (Lipinski definition) is 3. The molecule has 18 heavy (non-hydrogen) atoms. The number of nitrogens with two attached hydrogens (primary N) is 1. The van der Waals surface area contributed by atoms with Crippen molar-refractivity contribution in [1.82, 2.24) is 0 Å². The van der Waals surface area contributed by atoms with Gasteiger partial charge < -0.3 is 15.9 Å². The zero-order valence-electron chi connectivity index (χ0n) is 9.29. The Bertz CT molecular complexity index is 533. The Hall–Kier alpha value is -2.63. The maximum Gasteiger partial charge on any atom is 0.336 e. The minimum atomic E-state index is -1.24. The van der Waals surface area contributed by atoms with Crippen LogP contribution in [0.2, 0.25) is 0 Å². The largest absolute Gasteiger partial charge is 0.478 e. The second-order valence-corrected chi connectivity index (χ2v) is 3.49. The smallest absolute Gasteiger partial charge is 0.336 e. The van der Waals surface area contributed by atoms with E-state index in [1.165, 1.54) is 24.3 Å².